The lowest BCUT2D eigenvalue weighted by Gasteiger charge is -2.40. The molecule has 0 spiro atoms. The van der Waals surface area contributed by atoms with Crippen LogP contribution < -0.4 is 5.56 Å². The molecule has 1 aliphatic rings. The molecule has 2 aromatic heterocycles. The van der Waals surface area contributed by atoms with Crippen LogP contribution in [0, 0.1) is 0 Å². The van der Waals surface area contributed by atoms with E-state index in [4.69, 9.17) is 11.6 Å². The van der Waals surface area contributed by atoms with Crippen molar-refractivity contribution in [2.24, 2.45) is 0 Å². The molecular formula is C22H28ClN5O4. The molecule has 0 aromatic carbocycles. The van der Waals surface area contributed by atoms with Gasteiger partial charge in [0.1, 0.15) is 16.9 Å². The van der Waals surface area contributed by atoms with Crippen LogP contribution in [-0.4, -0.2) is 66.5 Å². The Labute approximate surface area is 191 Å². The van der Waals surface area contributed by atoms with Crippen LogP contribution in [0.5, 0.6) is 0 Å². The number of hydrogen-bond acceptors (Lipinski definition) is 5. The minimum atomic E-state index is -1.13. The van der Waals surface area contributed by atoms with Crippen LogP contribution in [0.1, 0.15) is 52.1 Å². The first-order valence-electron chi connectivity index (χ1n) is 10.5. The highest BCUT2D eigenvalue weighted by Gasteiger charge is 2.37. The number of carbonyl (C=O) groups excluding carboxylic acids is 1. The zero-order chi connectivity index (χ0) is 23.6. The van der Waals surface area contributed by atoms with Gasteiger partial charge in [-0.2, -0.15) is 0 Å². The second kappa shape index (κ2) is 9.28. The molecular weight excluding hydrogens is 434 g/mol. The molecule has 3 heterocycles. The largest absolute Gasteiger partial charge is 0.465 e. The van der Waals surface area contributed by atoms with Gasteiger partial charge < -0.3 is 15.0 Å². The van der Waals surface area contributed by atoms with Crippen LogP contribution in [0.2, 0.25) is 5.02 Å². The van der Waals surface area contributed by atoms with Crippen molar-refractivity contribution in [1.82, 2.24) is 24.8 Å². The van der Waals surface area contributed by atoms with E-state index in [1.54, 1.807) is 57.1 Å². The molecule has 3 rings (SSSR count). The molecule has 10 heteroatoms. The molecule has 2 aromatic rings. The second-order valence-electron chi connectivity index (χ2n) is 8.95. The van der Waals surface area contributed by atoms with Crippen LogP contribution in [0.25, 0.3) is 11.4 Å². The zero-order valence-electron chi connectivity index (χ0n) is 18.6. The van der Waals surface area contributed by atoms with E-state index in [-0.39, 0.29) is 16.8 Å². The van der Waals surface area contributed by atoms with Gasteiger partial charge in [-0.05, 0) is 52.7 Å². The number of halogens is 1. The minimum Gasteiger partial charge on any atom is -0.465 e. The molecule has 2 N–H and O–H groups in total. The van der Waals surface area contributed by atoms with Crippen LogP contribution >= 0.6 is 11.6 Å². The van der Waals surface area contributed by atoms with Crippen LogP contribution in [0.3, 0.4) is 0 Å². The monoisotopic (exact) mass is 461 g/mol. The number of rotatable bonds is 4. The maximum atomic E-state index is 13.0. The standard InChI is InChI=1S/C22H28ClN5O4/c1-13(28(21(31)32)22(2,3)4)20(30)27-11-7-14(8-12-27)17-16(23)19(29)26-18(25-17)15-5-9-24-10-6-15/h5-6,9-10,13-14H,7-8,11-12H2,1-4H3,(H,31,32)(H,25,26,29)/t13-/m1/s1. The second-order valence-corrected chi connectivity index (χ2v) is 9.33. The average molecular weight is 462 g/mol. The Morgan fingerprint density at radius 3 is 2.38 bits per heavy atom. The van der Waals surface area contributed by atoms with E-state index in [9.17, 15) is 19.5 Å². The van der Waals surface area contributed by atoms with Crippen molar-refractivity contribution in [1.29, 1.82) is 0 Å². The van der Waals surface area contributed by atoms with Gasteiger partial charge in [-0.25, -0.2) is 9.78 Å². The van der Waals surface area contributed by atoms with Crippen LogP contribution in [0.15, 0.2) is 29.3 Å². The average Bonchev–Trinajstić information content (AvgIpc) is 2.74. The molecule has 0 saturated carbocycles. The van der Waals surface area contributed by atoms with Crippen molar-refractivity contribution < 1.29 is 14.7 Å². The third-order valence-corrected chi connectivity index (χ3v) is 6.07. The number of likely N-dealkylation sites (tertiary alicyclic amines) is 1. The van der Waals surface area contributed by atoms with Crippen molar-refractivity contribution in [3.05, 3.63) is 45.6 Å². The number of pyridine rings is 1. The molecule has 0 bridgehead atoms. The predicted molar refractivity (Wildman–Crippen MR) is 121 cm³/mol. The molecule has 1 aliphatic heterocycles. The number of aromatic amines is 1. The quantitative estimate of drug-likeness (QED) is 0.720. The molecule has 172 valence electrons. The molecule has 0 unspecified atom stereocenters. The van der Waals surface area contributed by atoms with Gasteiger partial charge >= 0.3 is 6.09 Å². The normalized spacial score (nSPS) is 16.0. The number of hydrogen-bond donors (Lipinski definition) is 2. The van der Waals surface area contributed by atoms with Gasteiger partial charge in [0, 0.05) is 42.5 Å². The number of nitrogens with zero attached hydrogens (tertiary/aromatic N) is 4. The Hall–Kier alpha value is -2.94. The molecule has 1 fully saturated rings. The lowest BCUT2D eigenvalue weighted by atomic mass is 9.92. The summed E-state index contributed by atoms with van der Waals surface area (Å²) in [6, 6.07) is 2.70. The number of amides is 2. The number of piperidine rings is 1. The van der Waals surface area contributed by atoms with E-state index < -0.39 is 23.2 Å². The zero-order valence-corrected chi connectivity index (χ0v) is 19.4. The molecule has 2 amide bonds. The molecule has 1 atom stereocenters. The van der Waals surface area contributed by atoms with E-state index in [0.29, 0.717) is 37.4 Å². The molecule has 9 nitrogen and oxygen atoms in total. The molecule has 0 radical (unpaired) electrons. The SMILES string of the molecule is C[C@H](C(=O)N1CCC(c2nc(-c3ccncc3)[nH]c(=O)c2Cl)CC1)N(C(=O)O)C(C)(C)C. The fourth-order valence-corrected chi connectivity index (χ4v) is 4.42. The number of aromatic nitrogens is 3. The van der Waals surface area contributed by atoms with Crippen molar-refractivity contribution in [2.75, 3.05) is 13.1 Å². The van der Waals surface area contributed by atoms with E-state index in [1.807, 2.05) is 0 Å². The summed E-state index contributed by atoms with van der Waals surface area (Å²) in [4.78, 5) is 51.3. The highest BCUT2D eigenvalue weighted by molar-refractivity contribution is 6.31. The maximum absolute atomic E-state index is 13.0. The van der Waals surface area contributed by atoms with E-state index in [0.717, 1.165) is 5.56 Å². The fourth-order valence-electron chi connectivity index (χ4n) is 4.17. The van der Waals surface area contributed by atoms with Crippen LogP contribution in [-0.2, 0) is 4.79 Å². The Kier molecular flexibility index (Phi) is 6.88. The fraction of sp³-hybridized carbons (Fsp3) is 0.500. The first kappa shape index (κ1) is 23.7. The van der Waals surface area contributed by atoms with E-state index in [2.05, 4.69) is 15.0 Å². The number of H-pyrrole nitrogens is 1. The van der Waals surface area contributed by atoms with Gasteiger partial charge in [-0.3, -0.25) is 19.5 Å². The first-order valence-corrected chi connectivity index (χ1v) is 10.9. The summed E-state index contributed by atoms with van der Waals surface area (Å²) in [5, 5.41) is 9.65. The van der Waals surface area contributed by atoms with Gasteiger partial charge in [0.2, 0.25) is 5.91 Å². The molecule has 1 saturated heterocycles. The lowest BCUT2D eigenvalue weighted by molar-refractivity contribution is -0.138. The summed E-state index contributed by atoms with van der Waals surface area (Å²) in [5.41, 5.74) is 0.139. The van der Waals surface area contributed by atoms with Crippen LogP contribution in [0.4, 0.5) is 4.79 Å². The first-order chi connectivity index (χ1) is 15.0. The van der Waals surface area contributed by atoms with E-state index >= 15 is 0 Å². The lowest BCUT2D eigenvalue weighted by Crippen LogP contribution is -2.57. The number of nitrogens with one attached hydrogen (secondary N) is 1. The topological polar surface area (TPSA) is 119 Å². The van der Waals surface area contributed by atoms with Crippen molar-refractivity contribution in [2.45, 2.75) is 58.0 Å². The number of carboxylic acid groups (broad SMARTS) is 1. The van der Waals surface area contributed by atoms with Crippen molar-refractivity contribution in [3.8, 4) is 11.4 Å². The van der Waals surface area contributed by atoms with Gasteiger partial charge in [0.15, 0.2) is 0 Å². The van der Waals surface area contributed by atoms with Gasteiger partial charge in [-0.1, -0.05) is 11.6 Å². The van der Waals surface area contributed by atoms with Gasteiger partial charge in [0.25, 0.3) is 5.56 Å². The van der Waals surface area contributed by atoms with Crippen molar-refractivity contribution >= 4 is 23.6 Å². The van der Waals surface area contributed by atoms with E-state index in [1.165, 1.54) is 4.90 Å². The summed E-state index contributed by atoms with van der Waals surface area (Å²) in [6.07, 6.45) is 3.26. The highest BCUT2D eigenvalue weighted by Crippen LogP contribution is 2.31. The third kappa shape index (κ3) is 4.93. The Bertz CT molecular complexity index is 1040. The summed E-state index contributed by atoms with van der Waals surface area (Å²) in [6.45, 7) is 7.76. The van der Waals surface area contributed by atoms with Crippen molar-refractivity contribution in [3.63, 3.8) is 0 Å². The summed E-state index contributed by atoms with van der Waals surface area (Å²) >= 11 is 6.29. The van der Waals surface area contributed by atoms with Gasteiger partial charge in [0.05, 0.1) is 5.69 Å². The summed E-state index contributed by atoms with van der Waals surface area (Å²) in [5.74, 6) is 0.109. The minimum absolute atomic E-state index is 0.0609. The molecule has 32 heavy (non-hydrogen) atoms. The highest BCUT2D eigenvalue weighted by atomic mass is 35.5. The Morgan fingerprint density at radius 1 is 1.25 bits per heavy atom. The van der Waals surface area contributed by atoms with Gasteiger partial charge in [-0.15, -0.1) is 0 Å². The smallest absolute Gasteiger partial charge is 0.408 e. The number of carbonyl (C=O) groups is 2. The third-order valence-electron chi connectivity index (χ3n) is 5.71. The molecule has 0 aliphatic carbocycles. The summed E-state index contributed by atoms with van der Waals surface area (Å²) in [7, 11) is 0. The Balaban J connectivity index is 1.76. The predicted octanol–water partition coefficient (Wildman–Crippen LogP) is 3.36. The Morgan fingerprint density at radius 2 is 1.84 bits per heavy atom. The maximum Gasteiger partial charge on any atom is 0.408 e. The summed E-state index contributed by atoms with van der Waals surface area (Å²) < 4.78 is 0.